The van der Waals surface area contributed by atoms with E-state index in [9.17, 15) is 4.79 Å². The number of rotatable bonds is 3. The van der Waals surface area contributed by atoms with Gasteiger partial charge in [0.15, 0.2) is 11.5 Å². The minimum atomic E-state index is -0.242. The van der Waals surface area contributed by atoms with Crippen LogP contribution in [0.15, 0.2) is 22.6 Å². The Labute approximate surface area is 108 Å². The van der Waals surface area contributed by atoms with Crippen molar-refractivity contribution >= 4 is 5.91 Å². The highest BCUT2D eigenvalue weighted by atomic mass is 16.7. The molecule has 7 heteroatoms. The molecule has 0 fully saturated rings. The SMILES string of the molecule is Cc1nnc(CNC(=O)c2ccc3c(c2)OCO3)o1. The molecule has 1 amide bonds. The molecular formula is C12H11N3O4. The van der Waals surface area contributed by atoms with Gasteiger partial charge in [0.25, 0.3) is 5.91 Å². The Hall–Kier alpha value is -2.57. The third kappa shape index (κ3) is 2.35. The molecule has 2 aromatic rings. The van der Waals surface area contributed by atoms with E-state index in [0.717, 1.165) is 0 Å². The van der Waals surface area contributed by atoms with Gasteiger partial charge in [0.05, 0.1) is 6.54 Å². The lowest BCUT2D eigenvalue weighted by molar-refractivity contribution is 0.0946. The van der Waals surface area contributed by atoms with E-state index in [0.29, 0.717) is 28.8 Å². The molecule has 3 rings (SSSR count). The number of fused-ring (bicyclic) bond motifs is 1. The molecule has 0 atom stereocenters. The topological polar surface area (TPSA) is 86.5 Å². The van der Waals surface area contributed by atoms with Crippen LogP contribution in [-0.4, -0.2) is 22.9 Å². The summed E-state index contributed by atoms with van der Waals surface area (Å²) in [4.78, 5) is 11.9. The van der Waals surface area contributed by atoms with E-state index in [-0.39, 0.29) is 19.2 Å². The first-order valence-corrected chi connectivity index (χ1v) is 5.69. The molecule has 0 aliphatic carbocycles. The molecule has 1 aliphatic heterocycles. The van der Waals surface area contributed by atoms with Crippen molar-refractivity contribution < 1.29 is 18.7 Å². The maximum atomic E-state index is 11.9. The van der Waals surface area contributed by atoms with Crippen LogP contribution >= 0.6 is 0 Å². The van der Waals surface area contributed by atoms with Gasteiger partial charge in [-0.05, 0) is 18.2 Å². The fraction of sp³-hybridized carbons (Fsp3) is 0.250. The van der Waals surface area contributed by atoms with Crippen molar-refractivity contribution in [2.45, 2.75) is 13.5 Å². The van der Waals surface area contributed by atoms with Gasteiger partial charge in [-0.15, -0.1) is 10.2 Å². The quantitative estimate of drug-likeness (QED) is 0.888. The first-order chi connectivity index (χ1) is 9.22. The van der Waals surface area contributed by atoms with Crippen molar-refractivity contribution in [3.05, 3.63) is 35.5 Å². The fourth-order valence-electron chi connectivity index (χ4n) is 1.70. The summed E-state index contributed by atoms with van der Waals surface area (Å²) in [6.45, 7) is 2.06. The molecule has 0 saturated carbocycles. The van der Waals surface area contributed by atoms with Crippen LogP contribution in [-0.2, 0) is 6.54 Å². The third-order valence-corrected chi connectivity index (χ3v) is 2.60. The second kappa shape index (κ2) is 4.60. The van der Waals surface area contributed by atoms with Crippen LogP contribution in [0.4, 0.5) is 0 Å². The van der Waals surface area contributed by atoms with E-state index in [4.69, 9.17) is 13.9 Å². The molecule has 98 valence electrons. The Balaban J connectivity index is 1.67. The predicted octanol–water partition coefficient (Wildman–Crippen LogP) is 1.04. The Morgan fingerprint density at radius 1 is 1.32 bits per heavy atom. The van der Waals surface area contributed by atoms with E-state index in [1.54, 1.807) is 25.1 Å². The van der Waals surface area contributed by atoms with E-state index in [1.807, 2.05) is 0 Å². The fourth-order valence-corrected chi connectivity index (χ4v) is 1.70. The summed E-state index contributed by atoms with van der Waals surface area (Å²) in [5.74, 6) is 1.80. The maximum absolute atomic E-state index is 11.9. The summed E-state index contributed by atoms with van der Waals surface area (Å²) in [5, 5.41) is 10.2. The standard InChI is InChI=1S/C12H11N3O4/c1-7-14-15-11(19-7)5-13-12(16)8-2-3-9-10(4-8)18-6-17-9/h2-4H,5-6H2,1H3,(H,13,16). The van der Waals surface area contributed by atoms with Gasteiger partial charge in [0.2, 0.25) is 18.6 Å². The van der Waals surface area contributed by atoms with Gasteiger partial charge in [-0.25, -0.2) is 0 Å². The smallest absolute Gasteiger partial charge is 0.251 e. The van der Waals surface area contributed by atoms with Crippen LogP contribution < -0.4 is 14.8 Å². The molecule has 2 heterocycles. The van der Waals surface area contributed by atoms with Gasteiger partial charge in [-0.1, -0.05) is 0 Å². The van der Waals surface area contributed by atoms with Crippen LogP contribution in [0.1, 0.15) is 22.1 Å². The maximum Gasteiger partial charge on any atom is 0.251 e. The lowest BCUT2D eigenvalue weighted by Gasteiger charge is -2.03. The third-order valence-electron chi connectivity index (χ3n) is 2.60. The number of aromatic nitrogens is 2. The van der Waals surface area contributed by atoms with Crippen LogP contribution in [0.5, 0.6) is 11.5 Å². The molecule has 7 nitrogen and oxygen atoms in total. The van der Waals surface area contributed by atoms with Crippen LogP contribution in [0.25, 0.3) is 0 Å². The highest BCUT2D eigenvalue weighted by Crippen LogP contribution is 2.32. The summed E-state index contributed by atoms with van der Waals surface area (Å²) < 4.78 is 15.6. The largest absolute Gasteiger partial charge is 0.454 e. The van der Waals surface area contributed by atoms with E-state index >= 15 is 0 Å². The first kappa shape index (κ1) is 11.5. The van der Waals surface area contributed by atoms with Crippen molar-refractivity contribution in [1.29, 1.82) is 0 Å². The number of ether oxygens (including phenoxy) is 2. The lowest BCUT2D eigenvalue weighted by atomic mass is 10.2. The predicted molar refractivity (Wildman–Crippen MR) is 62.8 cm³/mol. The zero-order chi connectivity index (χ0) is 13.2. The number of carbonyl (C=O) groups excluding carboxylic acids is 1. The number of aryl methyl sites for hydroxylation is 1. The molecule has 1 aromatic heterocycles. The molecule has 0 saturated heterocycles. The highest BCUT2D eigenvalue weighted by Gasteiger charge is 2.16. The summed E-state index contributed by atoms with van der Waals surface area (Å²) >= 11 is 0. The van der Waals surface area contributed by atoms with Crippen LogP contribution in [0.3, 0.4) is 0 Å². The van der Waals surface area contributed by atoms with Crippen molar-refractivity contribution in [2.24, 2.45) is 0 Å². The van der Waals surface area contributed by atoms with Gasteiger partial charge in [0, 0.05) is 12.5 Å². The molecule has 0 spiro atoms. The molecule has 0 bridgehead atoms. The molecule has 19 heavy (non-hydrogen) atoms. The van der Waals surface area contributed by atoms with Crippen LogP contribution in [0, 0.1) is 6.92 Å². The van der Waals surface area contributed by atoms with Crippen molar-refractivity contribution in [3.63, 3.8) is 0 Å². The molecule has 1 aliphatic rings. The number of nitrogens with zero attached hydrogens (tertiary/aromatic N) is 2. The minimum Gasteiger partial charge on any atom is -0.454 e. The Morgan fingerprint density at radius 3 is 2.95 bits per heavy atom. The normalized spacial score (nSPS) is 12.5. The molecule has 1 aromatic carbocycles. The lowest BCUT2D eigenvalue weighted by Crippen LogP contribution is -2.22. The number of benzene rings is 1. The first-order valence-electron chi connectivity index (χ1n) is 5.69. The molecular weight excluding hydrogens is 250 g/mol. The second-order valence-electron chi connectivity index (χ2n) is 3.97. The highest BCUT2D eigenvalue weighted by molar-refractivity contribution is 5.94. The summed E-state index contributed by atoms with van der Waals surface area (Å²) in [7, 11) is 0. The Morgan fingerprint density at radius 2 is 2.16 bits per heavy atom. The van der Waals surface area contributed by atoms with Crippen molar-refractivity contribution in [1.82, 2.24) is 15.5 Å². The van der Waals surface area contributed by atoms with Crippen molar-refractivity contribution in [2.75, 3.05) is 6.79 Å². The summed E-state index contributed by atoms with van der Waals surface area (Å²) in [6.07, 6.45) is 0. The second-order valence-corrected chi connectivity index (χ2v) is 3.97. The molecule has 1 N–H and O–H groups in total. The average Bonchev–Trinajstić information content (AvgIpc) is 3.03. The van der Waals surface area contributed by atoms with Gasteiger partial charge in [-0.3, -0.25) is 4.79 Å². The van der Waals surface area contributed by atoms with E-state index in [2.05, 4.69) is 15.5 Å². The number of amides is 1. The monoisotopic (exact) mass is 261 g/mol. The average molecular weight is 261 g/mol. The van der Waals surface area contributed by atoms with Crippen LogP contribution in [0.2, 0.25) is 0 Å². The van der Waals surface area contributed by atoms with Gasteiger partial charge >= 0.3 is 0 Å². The Kier molecular flexibility index (Phi) is 2.79. The number of nitrogens with one attached hydrogen (secondary N) is 1. The van der Waals surface area contributed by atoms with E-state index < -0.39 is 0 Å². The number of carbonyl (C=O) groups is 1. The molecule has 0 radical (unpaired) electrons. The van der Waals surface area contributed by atoms with Gasteiger partial charge in [0.1, 0.15) is 0 Å². The summed E-state index contributed by atoms with van der Waals surface area (Å²) in [6, 6.07) is 5.01. The van der Waals surface area contributed by atoms with E-state index in [1.165, 1.54) is 0 Å². The van der Waals surface area contributed by atoms with Gasteiger partial charge < -0.3 is 19.2 Å². The number of hydrogen-bond acceptors (Lipinski definition) is 6. The Bertz CT molecular complexity index is 623. The molecule has 0 unspecified atom stereocenters. The zero-order valence-corrected chi connectivity index (χ0v) is 10.2. The number of hydrogen-bond donors (Lipinski definition) is 1. The zero-order valence-electron chi connectivity index (χ0n) is 10.2. The minimum absolute atomic E-state index is 0.182. The van der Waals surface area contributed by atoms with Crippen molar-refractivity contribution in [3.8, 4) is 11.5 Å². The van der Waals surface area contributed by atoms with Gasteiger partial charge in [-0.2, -0.15) is 0 Å². The summed E-state index contributed by atoms with van der Waals surface area (Å²) in [5.41, 5.74) is 0.487.